The van der Waals surface area contributed by atoms with Crippen molar-refractivity contribution in [1.29, 1.82) is 0 Å². The maximum Gasteiger partial charge on any atom is 0.260 e. The number of aliphatic hydroxyl groups excluding tert-OH is 1. The molecule has 3 atom stereocenters. The SMILES string of the molecule is C=CC1=CCC2C(=O)N(Nc3ccc(Cl)cc3Cl)C(=O)C2(c2ccc(OC)cc2)C1c1ccc(OCCO)cc1. The lowest BCUT2D eigenvalue weighted by Gasteiger charge is -2.43. The lowest BCUT2D eigenvalue weighted by molar-refractivity contribution is -0.138. The number of nitrogens with one attached hydrogen (secondary N) is 1. The van der Waals surface area contributed by atoms with Crippen LogP contribution in [0.25, 0.3) is 0 Å². The van der Waals surface area contributed by atoms with Crippen LogP contribution in [0.3, 0.4) is 0 Å². The molecule has 2 aliphatic rings. The van der Waals surface area contributed by atoms with Crippen LogP contribution >= 0.6 is 23.2 Å². The Morgan fingerprint density at radius 2 is 1.77 bits per heavy atom. The standard InChI is InChI=1S/C31H28Cl2N2O5/c1-3-19-6-14-25-29(37)35(34-27-15-9-22(32)18-26(27)33)30(38)31(25,21-7-12-23(39-2)13-8-21)28(19)20-4-10-24(11-5-20)40-17-16-36/h3-13,15,18,25,28,34,36H,1,14,16-17H2,2H3. The van der Waals surface area contributed by atoms with Gasteiger partial charge in [-0.25, -0.2) is 0 Å². The molecule has 0 spiro atoms. The summed E-state index contributed by atoms with van der Waals surface area (Å²) in [7, 11) is 1.57. The Morgan fingerprint density at radius 1 is 1.07 bits per heavy atom. The maximum atomic E-state index is 14.7. The molecule has 1 fully saturated rings. The number of ether oxygens (including phenoxy) is 2. The zero-order valence-corrected chi connectivity index (χ0v) is 23.3. The summed E-state index contributed by atoms with van der Waals surface area (Å²) in [5.41, 5.74) is 4.40. The third-order valence-electron chi connectivity index (χ3n) is 7.54. The third kappa shape index (κ3) is 4.64. The monoisotopic (exact) mass is 578 g/mol. The fourth-order valence-electron chi connectivity index (χ4n) is 5.77. The molecule has 1 heterocycles. The van der Waals surface area contributed by atoms with Crippen molar-refractivity contribution in [1.82, 2.24) is 5.01 Å². The number of carbonyl (C=O) groups is 2. The minimum Gasteiger partial charge on any atom is -0.497 e. The molecule has 40 heavy (non-hydrogen) atoms. The number of anilines is 1. The second-order valence-electron chi connectivity index (χ2n) is 9.58. The van der Waals surface area contributed by atoms with E-state index >= 15 is 0 Å². The number of hydrogen-bond donors (Lipinski definition) is 2. The van der Waals surface area contributed by atoms with Gasteiger partial charge in [0.25, 0.3) is 11.8 Å². The number of methoxy groups -OCH3 is 1. The van der Waals surface area contributed by atoms with Crippen LogP contribution in [0.4, 0.5) is 5.69 Å². The number of carbonyl (C=O) groups excluding carboxylic acids is 2. The number of hydrazine groups is 1. The summed E-state index contributed by atoms with van der Waals surface area (Å²) in [6.45, 7) is 4.10. The van der Waals surface area contributed by atoms with E-state index in [9.17, 15) is 9.59 Å². The van der Waals surface area contributed by atoms with Gasteiger partial charge >= 0.3 is 0 Å². The van der Waals surface area contributed by atoms with E-state index in [2.05, 4.69) is 12.0 Å². The van der Waals surface area contributed by atoms with E-state index in [1.54, 1.807) is 55.7 Å². The van der Waals surface area contributed by atoms with Gasteiger partial charge in [0.15, 0.2) is 0 Å². The van der Waals surface area contributed by atoms with E-state index in [-0.39, 0.29) is 24.1 Å². The summed E-state index contributed by atoms with van der Waals surface area (Å²) in [5, 5.41) is 10.9. The first-order valence-corrected chi connectivity index (χ1v) is 13.5. The smallest absolute Gasteiger partial charge is 0.260 e. The Balaban J connectivity index is 1.68. The predicted octanol–water partition coefficient (Wildman–Crippen LogP) is 5.92. The van der Waals surface area contributed by atoms with Crippen LogP contribution in [0.5, 0.6) is 11.5 Å². The maximum absolute atomic E-state index is 14.7. The Hall–Kier alpha value is -3.78. The van der Waals surface area contributed by atoms with Gasteiger partial charge in [0, 0.05) is 10.9 Å². The number of imide groups is 1. The second-order valence-corrected chi connectivity index (χ2v) is 10.4. The van der Waals surface area contributed by atoms with Gasteiger partial charge in [-0.05, 0) is 65.6 Å². The lowest BCUT2D eigenvalue weighted by atomic mass is 9.56. The largest absolute Gasteiger partial charge is 0.497 e. The van der Waals surface area contributed by atoms with E-state index in [0.717, 1.165) is 16.1 Å². The molecule has 0 aromatic heterocycles. The molecule has 7 nitrogen and oxygen atoms in total. The molecule has 1 aliphatic carbocycles. The fraction of sp³-hybridized carbons (Fsp3) is 0.226. The highest BCUT2D eigenvalue weighted by molar-refractivity contribution is 6.36. The zero-order chi connectivity index (χ0) is 28.4. The van der Waals surface area contributed by atoms with Crippen LogP contribution in [-0.2, 0) is 15.0 Å². The van der Waals surface area contributed by atoms with Gasteiger partial charge in [0.2, 0.25) is 0 Å². The van der Waals surface area contributed by atoms with Crippen molar-refractivity contribution in [2.75, 3.05) is 25.7 Å². The van der Waals surface area contributed by atoms with Gasteiger partial charge in [-0.2, -0.15) is 5.01 Å². The van der Waals surface area contributed by atoms with Crippen molar-refractivity contribution >= 4 is 40.7 Å². The summed E-state index contributed by atoms with van der Waals surface area (Å²) < 4.78 is 10.9. The number of aliphatic hydroxyl groups is 1. The highest BCUT2D eigenvalue weighted by Crippen LogP contribution is 2.57. The van der Waals surface area contributed by atoms with Gasteiger partial charge in [-0.15, -0.1) is 0 Å². The number of halogens is 2. The number of fused-ring (bicyclic) bond motifs is 1. The third-order valence-corrected chi connectivity index (χ3v) is 8.09. The predicted molar refractivity (Wildman–Crippen MR) is 155 cm³/mol. The summed E-state index contributed by atoms with van der Waals surface area (Å²) >= 11 is 12.5. The molecular formula is C31H28Cl2N2O5. The van der Waals surface area contributed by atoms with Crippen molar-refractivity contribution in [3.05, 3.63) is 112 Å². The van der Waals surface area contributed by atoms with Gasteiger partial charge in [0.05, 0.1) is 35.8 Å². The number of rotatable bonds is 9. The molecule has 206 valence electrons. The molecule has 3 aromatic rings. The number of nitrogens with zero attached hydrogens (tertiary/aromatic N) is 1. The van der Waals surface area contributed by atoms with Crippen molar-refractivity contribution in [2.24, 2.45) is 5.92 Å². The zero-order valence-electron chi connectivity index (χ0n) is 21.8. The van der Waals surface area contributed by atoms with Gasteiger partial charge < -0.3 is 14.6 Å². The number of amides is 2. The average Bonchev–Trinajstić information content (AvgIpc) is 3.19. The van der Waals surface area contributed by atoms with Crippen LogP contribution in [0.15, 0.2) is 91.0 Å². The summed E-state index contributed by atoms with van der Waals surface area (Å²) in [6.07, 6.45) is 4.06. The van der Waals surface area contributed by atoms with E-state index in [1.165, 1.54) is 0 Å². The number of benzene rings is 3. The Morgan fingerprint density at radius 3 is 2.40 bits per heavy atom. The molecule has 1 saturated heterocycles. The first-order valence-electron chi connectivity index (χ1n) is 12.8. The molecule has 9 heteroatoms. The molecule has 0 saturated carbocycles. The topological polar surface area (TPSA) is 88.1 Å². The summed E-state index contributed by atoms with van der Waals surface area (Å²) in [5.74, 6) is -0.786. The molecular weight excluding hydrogens is 551 g/mol. The number of hydrogen-bond acceptors (Lipinski definition) is 6. The number of allylic oxidation sites excluding steroid dienone is 3. The van der Waals surface area contributed by atoms with Crippen LogP contribution in [0.2, 0.25) is 10.0 Å². The minimum absolute atomic E-state index is 0.104. The highest BCUT2D eigenvalue weighted by Gasteiger charge is 2.65. The van der Waals surface area contributed by atoms with Crippen molar-refractivity contribution < 1.29 is 24.2 Å². The molecule has 0 radical (unpaired) electrons. The molecule has 3 unspecified atom stereocenters. The van der Waals surface area contributed by atoms with E-state index in [4.69, 9.17) is 37.8 Å². The minimum atomic E-state index is -1.29. The van der Waals surface area contributed by atoms with Crippen LogP contribution in [0, 0.1) is 5.92 Å². The van der Waals surface area contributed by atoms with Gasteiger partial charge in [0.1, 0.15) is 18.1 Å². The first kappa shape index (κ1) is 27.8. The Bertz CT molecular complexity index is 1470. The van der Waals surface area contributed by atoms with Crippen molar-refractivity contribution in [2.45, 2.75) is 17.8 Å². The van der Waals surface area contributed by atoms with E-state index in [1.807, 2.05) is 30.3 Å². The van der Waals surface area contributed by atoms with Crippen LogP contribution in [0.1, 0.15) is 23.5 Å². The highest BCUT2D eigenvalue weighted by atomic mass is 35.5. The fourth-order valence-corrected chi connectivity index (χ4v) is 6.22. The Kier molecular flexibility index (Phi) is 7.90. The first-order chi connectivity index (χ1) is 19.3. The summed E-state index contributed by atoms with van der Waals surface area (Å²) in [6, 6.07) is 19.4. The quantitative estimate of drug-likeness (QED) is 0.306. The molecule has 3 aromatic carbocycles. The molecule has 0 bridgehead atoms. The second kappa shape index (κ2) is 11.4. The molecule has 2 N–H and O–H groups in total. The normalized spacial score (nSPS) is 22.0. The van der Waals surface area contributed by atoms with E-state index < -0.39 is 23.2 Å². The van der Waals surface area contributed by atoms with Crippen LogP contribution in [-0.4, -0.2) is 42.3 Å². The Labute approximate surface area is 242 Å². The van der Waals surface area contributed by atoms with Crippen molar-refractivity contribution in [3.63, 3.8) is 0 Å². The average molecular weight is 579 g/mol. The van der Waals surface area contributed by atoms with E-state index in [0.29, 0.717) is 34.2 Å². The van der Waals surface area contributed by atoms with Gasteiger partial charge in [-0.1, -0.05) is 66.2 Å². The van der Waals surface area contributed by atoms with Crippen molar-refractivity contribution in [3.8, 4) is 11.5 Å². The molecule has 5 rings (SSSR count). The van der Waals surface area contributed by atoms with Gasteiger partial charge in [-0.3, -0.25) is 15.0 Å². The lowest BCUT2D eigenvalue weighted by Crippen LogP contribution is -2.48. The van der Waals surface area contributed by atoms with Crippen LogP contribution < -0.4 is 14.9 Å². The molecule has 2 amide bonds. The summed E-state index contributed by atoms with van der Waals surface area (Å²) in [4.78, 5) is 28.7. The molecule has 1 aliphatic heterocycles.